The summed E-state index contributed by atoms with van der Waals surface area (Å²) in [6, 6.07) is 0.627. The molecule has 0 aliphatic carbocycles. The van der Waals surface area contributed by atoms with Crippen molar-refractivity contribution in [3.63, 3.8) is 0 Å². The number of carboxylic acid groups (broad SMARTS) is 1. The first kappa shape index (κ1) is 14.8. The molecule has 8 nitrogen and oxygen atoms in total. The molecule has 0 unspecified atom stereocenters. The smallest absolute Gasteiger partial charge is 0.326 e. The summed E-state index contributed by atoms with van der Waals surface area (Å²) in [6.07, 6.45) is 3.84. The Hall–Kier alpha value is -2.64. The van der Waals surface area contributed by atoms with E-state index in [4.69, 9.17) is 0 Å². The zero-order valence-corrected chi connectivity index (χ0v) is 11.8. The van der Waals surface area contributed by atoms with Crippen LogP contribution in [0, 0.1) is 0 Å². The van der Waals surface area contributed by atoms with Crippen LogP contribution < -0.4 is 5.32 Å². The minimum absolute atomic E-state index is 0.138. The Kier molecular flexibility index (Phi) is 4.36. The maximum Gasteiger partial charge on any atom is 0.326 e. The third-order valence-corrected chi connectivity index (χ3v) is 3.11. The minimum atomic E-state index is -1.10. The van der Waals surface area contributed by atoms with E-state index in [1.807, 2.05) is 6.92 Å². The molecule has 0 saturated carbocycles. The minimum Gasteiger partial charge on any atom is -0.480 e. The van der Waals surface area contributed by atoms with Gasteiger partial charge < -0.3 is 15.4 Å². The second-order valence-corrected chi connectivity index (χ2v) is 4.64. The maximum atomic E-state index is 12.2. The molecule has 0 fully saturated rings. The fourth-order valence-corrected chi connectivity index (χ4v) is 1.96. The van der Waals surface area contributed by atoms with Crippen LogP contribution in [0.2, 0.25) is 0 Å². The Bertz CT molecular complexity index is 632. The zero-order valence-electron chi connectivity index (χ0n) is 11.8. The number of nitrogens with one attached hydrogen (secondary N) is 2. The van der Waals surface area contributed by atoms with Crippen molar-refractivity contribution < 1.29 is 14.7 Å². The van der Waals surface area contributed by atoms with E-state index in [9.17, 15) is 14.7 Å². The number of hydrogen-bond donors (Lipinski definition) is 3. The number of aryl methyl sites for hydroxylation is 2. The van der Waals surface area contributed by atoms with Gasteiger partial charge >= 0.3 is 5.97 Å². The first-order valence-electron chi connectivity index (χ1n) is 6.55. The third-order valence-electron chi connectivity index (χ3n) is 3.11. The predicted octanol–water partition coefficient (Wildman–Crippen LogP) is 0.131. The number of H-pyrrole nitrogens is 1. The summed E-state index contributed by atoms with van der Waals surface area (Å²) < 4.78 is 1.45. The van der Waals surface area contributed by atoms with Crippen LogP contribution >= 0.6 is 0 Å². The number of aliphatic carboxylic acids is 1. The van der Waals surface area contributed by atoms with Gasteiger partial charge in [-0.3, -0.25) is 9.48 Å². The molecule has 2 aromatic heterocycles. The number of nitrogens with zero attached hydrogens (tertiary/aromatic N) is 3. The number of amides is 1. The molecule has 1 amide bonds. The molecule has 2 aromatic rings. The number of carbonyl (C=O) groups is 2. The van der Waals surface area contributed by atoms with Crippen molar-refractivity contribution in [1.29, 1.82) is 0 Å². The largest absolute Gasteiger partial charge is 0.480 e. The van der Waals surface area contributed by atoms with Crippen LogP contribution in [0.4, 0.5) is 0 Å². The summed E-state index contributed by atoms with van der Waals surface area (Å²) in [7, 11) is 1.65. The topological polar surface area (TPSA) is 113 Å². The van der Waals surface area contributed by atoms with Crippen molar-refractivity contribution in [3.05, 3.63) is 35.7 Å². The number of aromatic amines is 1. The SMILES string of the molecule is CCc1cc(C(=O)N[C@H](Cc2cnc[nH]2)C(=O)O)n(C)n1. The van der Waals surface area contributed by atoms with Gasteiger partial charge in [-0.1, -0.05) is 6.92 Å². The molecule has 3 N–H and O–H groups in total. The van der Waals surface area contributed by atoms with Crippen molar-refractivity contribution in [2.75, 3.05) is 0 Å². The molecule has 0 saturated heterocycles. The van der Waals surface area contributed by atoms with Gasteiger partial charge in [-0.15, -0.1) is 0 Å². The highest BCUT2D eigenvalue weighted by Gasteiger charge is 2.23. The van der Waals surface area contributed by atoms with Gasteiger partial charge in [0.1, 0.15) is 11.7 Å². The van der Waals surface area contributed by atoms with E-state index in [2.05, 4.69) is 20.4 Å². The van der Waals surface area contributed by atoms with Gasteiger partial charge in [0.25, 0.3) is 5.91 Å². The Balaban J connectivity index is 2.10. The molecular formula is C13H17N5O3. The molecule has 2 rings (SSSR count). The van der Waals surface area contributed by atoms with Crippen molar-refractivity contribution in [1.82, 2.24) is 25.1 Å². The first-order chi connectivity index (χ1) is 10.0. The van der Waals surface area contributed by atoms with E-state index in [1.54, 1.807) is 13.1 Å². The number of rotatable bonds is 6. The molecule has 21 heavy (non-hydrogen) atoms. The average molecular weight is 291 g/mol. The standard InChI is InChI=1S/C13H17N5O3/c1-3-8-5-11(18(2)17-8)12(19)16-10(13(20)21)4-9-6-14-7-15-9/h5-7,10H,3-4H2,1-2H3,(H,14,15)(H,16,19)(H,20,21)/t10-/m1/s1. The molecule has 1 atom stereocenters. The van der Waals surface area contributed by atoms with Crippen molar-refractivity contribution in [2.45, 2.75) is 25.8 Å². The van der Waals surface area contributed by atoms with E-state index in [1.165, 1.54) is 17.2 Å². The molecule has 0 aliphatic heterocycles. The second-order valence-electron chi connectivity index (χ2n) is 4.64. The normalized spacial score (nSPS) is 12.1. The van der Waals surface area contributed by atoms with E-state index in [0.717, 1.165) is 5.69 Å². The summed E-state index contributed by atoms with van der Waals surface area (Å²) in [5.41, 5.74) is 1.76. The highest BCUT2D eigenvalue weighted by atomic mass is 16.4. The Morgan fingerprint density at radius 2 is 2.29 bits per heavy atom. The van der Waals surface area contributed by atoms with Gasteiger partial charge in [0.15, 0.2) is 0 Å². The van der Waals surface area contributed by atoms with E-state index in [-0.39, 0.29) is 6.42 Å². The number of hydrogen-bond acceptors (Lipinski definition) is 4. The van der Waals surface area contributed by atoms with Crippen molar-refractivity contribution >= 4 is 11.9 Å². The van der Waals surface area contributed by atoms with Gasteiger partial charge in [0, 0.05) is 25.4 Å². The van der Waals surface area contributed by atoms with Crippen LogP contribution in [0.1, 0.15) is 28.8 Å². The van der Waals surface area contributed by atoms with E-state index < -0.39 is 17.9 Å². The van der Waals surface area contributed by atoms with E-state index in [0.29, 0.717) is 17.8 Å². The third kappa shape index (κ3) is 3.47. The number of carbonyl (C=O) groups excluding carboxylic acids is 1. The molecule has 0 bridgehead atoms. The van der Waals surface area contributed by atoms with Crippen molar-refractivity contribution in [2.24, 2.45) is 7.05 Å². The number of aromatic nitrogens is 4. The van der Waals surface area contributed by atoms with Gasteiger partial charge in [0.05, 0.1) is 12.0 Å². The lowest BCUT2D eigenvalue weighted by Gasteiger charge is -2.13. The Labute approximate surface area is 121 Å². The molecule has 8 heteroatoms. The summed E-state index contributed by atoms with van der Waals surface area (Å²) in [6.45, 7) is 1.93. The second kappa shape index (κ2) is 6.21. The van der Waals surface area contributed by atoms with Crippen LogP contribution in [-0.2, 0) is 24.7 Å². The van der Waals surface area contributed by atoms with Gasteiger partial charge in [-0.25, -0.2) is 9.78 Å². The number of imidazole rings is 1. The fraction of sp³-hybridized carbons (Fsp3) is 0.385. The van der Waals surface area contributed by atoms with Crippen LogP contribution in [0.5, 0.6) is 0 Å². The highest BCUT2D eigenvalue weighted by Crippen LogP contribution is 2.06. The summed E-state index contributed by atoms with van der Waals surface area (Å²) in [4.78, 5) is 30.1. The van der Waals surface area contributed by atoms with E-state index >= 15 is 0 Å². The van der Waals surface area contributed by atoms with Gasteiger partial charge in [0.2, 0.25) is 0 Å². The summed E-state index contributed by atoms with van der Waals surface area (Å²) in [5.74, 6) is -1.56. The lowest BCUT2D eigenvalue weighted by molar-refractivity contribution is -0.139. The van der Waals surface area contributed by atoms with Crippen LogP contribution in [0.3, 0.4) is 0 Å². The predicted molar refractivity (Wildman–Crippen MR) is 73.8 cm³/mol. The summed E-state index contributed by atoms with van der Waals surface area (Å²) in [5, 5.41) is 15.9. The maximum absolute atomic E-state index is 12.2. The first-order valence-corrected chi connectivity index (χ1v) is 6.55. The monoisotopic (exact) mass is 291 g/mol. The Morgan fingerprint density at radius 3 is 2.81 bits per heavy atom. The van der Waals surface area contributed by atoms with Crippen LogP contribution in [0.15, 0.2) is 18.6 Å². The molecule has 0 aliphatic rings. The average Bonchev–Trinajstić information content (AvgIpc) is 3.06. The van der Waals surface area contributed by atoms with Gasteiger partial charge in [-0.05, 0) is 12.5 Å². The molecule has 0 spiro atoms. The fourth-order valence-electron chi connectivity index (χ4n) is 1.96. The highest BCUT2D eigenvalue weighted by molar-refractivity contribution is 5.95. The summed E-state index contributed by atoms with van der Waals surface area (Å²) >= 11 is 0. The Morgan fingerprint density at radius 1 is 1.52 bits per heavy atom. The quantitative estimate of drug-likeness (QED) is 0.700. The molecule has 2 heterocycles. The van der Waals surface area contributed by atoms with Gasteiger partial charge in [-0.2, -0.15) is 5.10 Å². The van der Waals surface area contributed by atoms with Crippen LogP contribution in [0.25, 0.3) is 0 Å². The lowest BCUT2D eigenvalue weighted by Crippen LogP contribution is -2.43. The molecule has 0 aromatic carbocycles. The number of carboxylic acids is 1. The zero-order chi connectivity index (χ0) is 15.4. The molecule has 112 valence electrons. The molecular weight excluding hydrogens is 274 g/mol. The molecule has 0 radical (unpaired) electrons. The van der Waals surface area contributed by atoms with Crippen LogP contribution in [-0.4, -0.2) is 42.8 Å². The lowest BCUT2D eigenvalue weighted by atomic mass is 10.1. The van der Waals surface area contributed by atoms with Crippen molar-refractivity contribution in [3.8, 4) is 0 Å².